The van der Waals surface area contributed by atoms with E-state index in [1.165, 1.54) is 37.3 Å². The quantitative estimate of drug-likeness (QED) is 0.805. The third-order valence-corrected chi connectivity index (χ3v) is 3.58. The Bertz CT molecular complexity index is 533. The minimum Gasteiger partial charge on any atom is -0.372 e. The Hall–Kier alpha value is -1.77. The fraction of sp³-hybridized carbons (Fsp3) is 0.400. The molecule has 0 saturated carbocycles. The molecule has 3 heteroatoms. The molecule has 18 heavy (non-hydrogen) atoms. The van der Waals surface area contributed by atoms with Gasteiger partial charge in [-0.05, 0) is 57.0 Å². The molecule has 0 N–H and O–H groups in total. The topological polar surface area (TPSA) is 21.1 Å². The van der Waals surface area contributed by atoms with Crippen LogP contribution in [0.2, 0.25) is 0 Å². The minimum absolute atomic E-state index is 1.07. The Balaban J connectivity index is 1.88. The molecule has 1 aromatic heterocycles. The van der Waals surface area contributed by atoms with Crippen LogP contribution in [0.1, 0.15) is 24.2 Å². The highest BCUT2D eigenvalue weighted by molar-refractivity contribution is 5.51. The summed E-state index contributed by atoms with van der Waals surface area (Å²) in [7, 11) is 0. The molecule has 0 aliphatic carbocycles. The molecule has 1 fully saturated rings. The second-order valence-electron chi connectivity index (χ2n) is 5.05. The van der Waals surface area contributed by atoms with E-state index in [0.29, 0.717) is 0 Å². The predicted octanol–water partition coefficient (Wildman–Crippen LogP) is 3.09. The molecule has 0 atom stereocenters. The third kappa shape index (κ3) is 2.01. The van der Waals surface area contributed by atoms with Gasteiger partial charge in [0, 0.05) is 24.5 Å². The largest absolute Gasteiger partial charge is 0.372 e. The molecule has 94 valence electrons. The molecule has 1 saturated heterocycles. The van der Waals surface area contributed by atoms with Gasteiger partial charge in [-0.1, -0.05) is 0 Å². The van der Waals surface area contributed by atoms with E-state index in [1.54, 1.807) is 0 Å². The van der Waals surface area contributed by atoms with Crippen molar-refractivity contribution in [2.24, 2.45) is 0 Å². The van der Waals surface area contributed by atoms with Crippen LogP contribution in [0, 0.1) is 13.8 Å². The third-order valence-electron chi connectivity index (χ3n) is 3.58. The first-order valence-corrected chi connectivity index (χ1v) is 6.63. The molecule has 2 heterocycles. The van der Waals surface area contributed by atoms with Crippen LogP contribution in [-0.2, 0) is 0 Å². The van der Waals surface area contributed by atoms with Gasteiger partial charge in [-0.2, -0.15) is 5.10 Å². The summed E-state index contributed by atoms with van der Waals surface area (Å²) in [6.45, 7) is 6.51. The molecule has 3 nitrogen and oxygen atoms in total. The van der Waals surface area contributed by atoms with Gasteiger partial charge in [-0.3, -0.25) is 0 Å². The van der Waals surface area contributed by atoms with Gasteiger partial charge in [0.05, 0.1) is 11.4 Å². The van der Waals surface area contributed by atoms with Crippen LogP contribution in [-0.4, -0.2) is 22.9 Å². The summed E-state index contributed by atoms with van der Waals surface area (Å²) in [5.41, 5.74) is 4.72. The van der Waals surface area contributed by atoms with Gasteiger partial charge < -0.3 is 4.90 Å². The zero-order valence-corrected chi connectivity index (χ0v) is 11.1. The zero-order valence-electron chi connectivity index (χ0n) is 11.1. The van der Waals surface area contributed by atoms with Gasteiger partial charge in [0.15, 0.2) is 0 Å². The maximum atomic E-state index is 4.51. The highest BCUT2D eigenvalue weighted by Gasteiger charge is 2.12. The number of rotatable bonds is 2. The van der Waals surface area contributed by atoms with Crippen LogP contribution in [0.15, 0.2) is 30.3 Å². The van der Waals surface area contributed by atoms with Crippen LogP contribution in [0.5, 0.6) is 0 Å². The van der Waals surface area contributed by atoms with Crippen molar-refractivity contribution in [1.82, 2.24) is 9.78 Å². The van der Waals surface area contributed by atoms with Gasteiger partial charge in [-0.25, -0.2) is 4.68 Å². The molecule has 0 unspecified atom stereocenters. The minimum atomic E-state index is 1.07. The van der Waals surface area contributed by atoms with Crippen molar-refractivity contribution >= 4 is 5.69 Å². The van der Waals surface area contributed by atoms with Crippen LogP contribution in [0.4, 0.5) is 5.69 Å². The summed E-state index contributed by atoms with van der Waals surface area (Å²) in [5, 5.41) is 4.51. The summed E-state index contributed by atoms with van der Waals surface area (Å²) in [5.74, 6) is 0. The van der Waals surface area contributed by atoms with E-state index in [-0.39, 0.29) is 0 Å². The molecule has 1 aliphatic heterocycles. The Morgan fingerprint density at radius 2 is 1.56 bits per heavy atom. The molecular formula is C15H19N3. The maximum absolute atomic E-state index is 4.51. The lowest BCUT2D eigenvalue weighted by Crippen LogP contribution is -2.17. The highest BCUT2D eigenvalue weighted by atomic mass is 15.3. The standard InChI is InChI=1S/C15H19N3/c1-12-11-13(2)18(16-12)15-7-5-14(6-8-15)17-9-3-4-10-17/h5-8,11H,3-4,9-10H2,1-2H3. The number of hydrogen-bond donors (Lipinski definition) is 0. The first-order chi connectivity index (χ1) is 8.74. The second-order valence-corrected chi connectivity index (χ2v) is 5.05. The number of hydrogen-bond acceptors (Lipinski definition) is 2. The molecule has 1 aromatic carbocycles. The lowest BCUT2D eigenvalue weighted by molar-refractivity contribution is 0.833. The summed E-state index contributed by atoms with van der Waals surface area (Å²) in [6, 6.07) is 10.8. The van der Waals surface area contributed by atoms with Crippen molar-refractivity contribution in [3.63, 3.8) is 0 Å². The van der Waals surface area contributed by atoms with E-state index in [9.17, 15) is 0 Å². The van der Waals surface area contributed by atoms with Crippen molar-refractivity contribution in [3.05, 3.63) is 41.7 Å². The molecule has 0 spiro atoms. The van der Waals surface area contributed by atoms with E-state index in [1.807, 2.05) is 11.6 Å². The molecule has 0 bridgehead atoms. The van der Waals surface area contributed by atoms with Crippen molar-refractivity contribution < 1.29 is 0 Å². The normalized spacial score (nSPS) is 15.3. The number of anilines is 1. The Kier molecular flexibility index (Phi) is 2.82. The van der Waals surface area contributed by atoms with Crippen LogP contribution in [0.25, 0.3) is 5.69 Å². The van der Waals surface area contributed by atoms with Gasteiger partial charge >= 0.3 is 0 Å². The van der Waals surface area contributed by atoms with Crippen LogP contribution in [0.3, 0.4) is 0 Å². The van der Waals surface area contributed by atoms with E-state index in [2.05, 4.69) is 47.3 Å². The average Bonchev–Trinajstić information content (AvgIpc) is 2.99. The Morgan fingerprint density at radius 3 is 2.11 bits per heavy atom. The molecule has 0 amide bonds. The highest BCUT2D eigenvalue weighted by Crippen LogP contribution is 2.22. The van der Waals surface area contributed by atoms with Crippen molar-refractivity contribution in [1.29, 1.82) is 0 Å². The van der Waals surface area contributed by atoms with Crippen LogP contribution < -0.4 is 4.90 Å². The molecule has 2 aromatic rings. The number of aromatic nitrogens is 2. The molecule has 1 aliphatic rings. The van der Waals surface area contributed by atoms with Gasteiger partial charge in [-0.15, -0.1) is 0 Å². The van der Waals surface area contributed by atoms with Gasteiger partial charge in [0.25, 0.3) is 0 Å². The number of aryl methyl sites for hydroxylation is 2. The van der Waals surface area contributed by atoms with Gasteiger partial charge in [0.1, 0.15) is 0 Å². The fourth-order valence-corrected chi connectivity index (χ4v) is 2.67. The lowest BCUT2D eigenvalue weighted by Gasteiger charge is -2.17. The first-order valence-electron chi connectivity index (χ1n) is 6.63. The second kappa shape index (κ2) is 4.48. The van der Waals surface area contributed by atoms with Gasteiger partial charge in [0.2, 0.25) is 0 Å². The monoisotopic (exact) mass is 241 g/mol. The molecular weight excluding hydrogens is 222 g/mol. The van der Waals surface area contributed by atoms with E-state index in [4.69, 9.17) is 0 Å². The van der Waals surface area contributed by atoms with Crippen molar-refractivity contribution in [2.45, 2.75) is 26.7 Å². The number of benzene rings is 1. The summed E-state index contributed by atoms with van der Waals surface area (Å²) >= 11 is 0. The average molecular weight is 241 g/mol. The molecule has 3 rings (SSSR count). The maximum Gasteiger partial charge on any atom is 0.0650 e. The Morgan fingerprint density at radius 1 is 0.944 bits per heavy atom. The van der Waals surface area contributed by atoms with Crippen molar-refractivity contribution in [3.8, 4) is 5.69 Å². The van der Waals surface area contributed by atoms with E-state index in [0.717, 1.165) is 11.4 Å². The first kappa shape index (κ1) is 11.3. The summed E-state index contributed by atoms with van der Waals surface area (Å²) in [4.78, 5) is 2.45. The summed E-state index contributed by atoms with van der Waals surface area (Å²) < 4.78 is 2.00. The zero-order chi connectivity index (χ0) is 12.5. The SMILES string of the molecule is Cc1cc(C)n(-c2ccc(N3CCCC3)cc2)n1. The smallest absolute Gasteiger partial charge is 0.0650 e. The Labute approximate surface area is 108 Å². The number of nitrogens with zero attached hydrogens (tertiary/aromatic N) is 3. The van der Waals surface area contributed by atoms with E-state index >= 15 is 0 Å². The van der Waals surface area contributed by atoms with Crippen LogP contribution >= 0.6 is 0 Å². The van der Waals surface area contributed by atoms with E-state index < -0.39 is 0 Å². The summed E-state index contributed by atoms with van der Waals surface area (Å²) in [6.07, 6.45) is 2.64. The molecule has 0 radical (unpaired) electrons. The fourth-order valence-electron chi connectivity index (χ4n) is 2.67. The van der Waals surface area contributed by atoms with Crippen molar-refractivity contribution in [2.75, 3.05) is 18.0 Å². The predicted molar refractivity (Wildman–Crippen MR) is 74.5 cm³/mol. The lowest BCUT2D eigenvalue weighted by atomic mass is 10.2.